The molecule has 2 fully saturated rings. The second kappa shape index (κ2) is 6.77. The molecule has 0 aliphatic carbocycles. The molecule has 0 aromatic carbocycles. The summed E-state index contributed by atoms with van der Waals surface area (Å²) in [6.07, 6.45) is 5.38. The standard InChI is InChI=1S/C16H29N3O2/c1-16(2,3)21-15(20)18-12-10-13-6-7-14(11-12)19(13)9-5-8-17-4/h12-14H,4-11H2,1-3H3,(H,18,20)/t12?,13-,14+. The Balaban J connectivity index is 1.80. The largest absolute Gasteiger partial charge is 0.444 e. The van der Waals surface area contributed by atoms with E-state index in [1.807, 2.05) is 20.8 Å². The smallest absolute Gasteiger partial charge is 0.407 e. The predicted octanol–water partition coefficient (Wildman–Crippen LogP) is 2.60. The molecule has 21 heavy (non-hydrogen) atoms. The lowest BCUT2D eigenvalue weighted by Gasteiger charge is -2.39. The van der Waals surface area contributed by atoms with Gasteiger partial charge in [-0.05, 0) is 59.6 Å². The zero-order valence-corrected chi connectivity index (χ0v) is 13.6. The highest BCUT2D eigenvalue weighted by atomic mass is 16.6. The molecule has 0 aromatic heterocycles. The highest BCUT2D eigenvalue weighted by Crippen LogP contribution is 2.35. The lowest BCUT2D eigenvalue weighted by atomic mass is 9.97. The van der Waals surface area contributed by atoms with Crippen molar-refractivity contribution in [3.8, 4) is 0 Å². The van der Waals surface area contributed by atoms with E-state index in [1.165, 1.54) is 12.8 Å². The molecule has 2 bridgehead atoms. The number of hydrogen-bond donors (Lipinski definition) is 1. The number of nitrogens with zero attached hydrogens (tertiary/aromatic N) is 2. The first-order valence-electron chi connectivity index (χ1n) is 8.07. The topological polar surface area (TPSA) is 53.9 Å². The summed E-state index contributed by atoms with van der Waals surface area (Å²) in [5.41, 5.74) is -0.429. The van der Waals surface area contributed by atoms with Gasteiger partial charge in [-0.1, -0.05) is 0 Å². The van der Waals surface area contributed by atoms with Crippen LogP contribution in [0.25, 0.3) is 0 Å². The Bertz CT molecular complexity index is 364. The van der Waals surface area contributed by atoms with Crippen LogP contribution in [0.5, 0.6) is 0 Å². The Morgan fingerprint density at radius 1 is 1.33 bits per heavy atom. The van der Waals surface area contributed by atoms with Crippen LogP contribution in [-0.4, -0.2) is 54.5 Å². The highest BCUT2D eigenvalue weighted by molar-refractivity contribution is 5.68. The van der Waals surface area contributed by atoms with Crippen molar-refractivity contribution in [3.05, 3.63) is 0 Å². The van der Waals surface area contributed by atoms with Crippen LogP contribution in [0.15, 0.2) is 4.99 Å². The third-order valence-corrected chi connectivity index (χ3v) is 4.34. The van der Waals surface area contributed by atoms with E-state index in [0.717, 1.165) is 32.4 Å². The van der Waals surface area contributed by atoms with Crippen molar-refractivity contribution >= 4 is 12.8 Å². The van der Waals surface area contributed by atoms with Crippen LogP contribution in [0, 0.1) is 0 Å². The van der Waals surface area contributed by atoms with Gasteiger partial charge in [-0.25, -0.2) is 4.79 Å². The van der Waals surface area contributed by atoms with Crippen molar-refractivity contribution in [3.63, 3.8) is 0 Å². The summed E-state index contributed by atoms with van der Waals surface area (Å²) in [6, 6.07) is 1.47. The molecule has 5 nitrogen and oxygen atoms in total. The Morgan fingerprint density at radius 2 is 1.95 bits per heavy atom. The first kappa shape index (κ1) is 16.3. The Hall–Kier alpha value is -1.10. The van der Waals surface area contributed by atoms with E-state index in [4.69, 9.17) is 4.74 Å². The molecule has 2 rings (SSSR count). The fraction of sp³-hybridized carbons (Fsp3) is 0.875. The van der Waals surface area contributed by atoms with Gasteiger partial charge in [0, 0.05) is 31.2 Å². The van der Waals surface area contributed by atoms with Crippen molar-refractivity contribution in [2.75, 3.05) is 13.1 Å². The fourth-order valence-electron chi connectivity index (χ4n) is 3.60. The number of hydrogen-bond acceptors (Lipinski definition) is 4. The lowest BCUT2D eigenvalue weighted by molar-refractivity contribution is 0.0443. The van der Waals surface area contributed by atoms with Gasteiger partial charge in [0.25, 0.3) is 0 Å². The van der Waals surface area contributed by atoms with Crippen LogP contribution in [-0.2, 0) is 4.74 Å². The highest BCUT2D eigenvalue weighted by Gasteiger charge is 2.40. The van der Waals surface area contributed by atoms with Crippen LogP contribution in [0.1, 0.15) is 52.9 Å². The van der Waals surface area contributed by atoms with Crippen LogP contribution in [0.3, 0.4) is 0 Å². The van der Waals surface area contributed by atoms with E-state index < -0.39 is 5.60 Å². The number of nitrogens with one attached hydrogen (secondary N) is 1. The SMILES string of the molecule is C=NCCCN1[C@@H]2CC[C@H]1CC(NC(=O)OC(C)(C)C)C2. The second-order valence-electron chi connectivity index (χ2n) is 7.24. The number of aliphatic imine (C=N–C) groups is 1. The summed E-state index contributed by atoms with van der Waals surface area (Å²) in [4.78, 5) is 18.4. The van der Waals surface area contributed by atoms with Crippen LogP contribution in [0.2, 0.25) is 0 Å². The van der Waals surface area contributed by atoms with E-state index in [-0.39, 0.29) is 12.1 Å². The molecule has 2 saturated heterocycles. The number of rotatable bonds is 5. The number of amides is 1. The summed E-state index contributed by atoms with van der Waals surface area (Å²) in [5, 5.41) is 3.05. The van der Waals surface area contributed by atoms with Gasteiger partial charge in [-0.2, -0.15) is 0 Å². The fourth-order valence-corrected chi connectivity index (χ4v) is 3.60. The summed E-state index contributed by atoms with van der Waals surface area (Å²) in [5.74, 6) is 0. The normalized spacial score (nSPS) is 29.2. The minimum absolute atomic E-state index is 0.256. The van der Waals surface area contributed by atoms with Gasteiger partial charge in [-0.15, -0.1) is 0 Å². The molecule has 2 aliphatic heterocycles. The number of ether oxygens (including phenoxy) is 1. The third-order valence-electron chi connectivity index (χ3n) is 4.34. The monoisotopic (exact) mass is 295 g/mol. The van der Waals surface area contributed by atoms with Crippen molar-refractivity contribution < 1.29 is 9.53 Å². The summed E-state index contributed by atoms with van der Waals surface area (Å²) in [7, 11) is 0. The van der Waals surface area contributed by atoms with E-state index in [1.54, 1.807) is 0 Å². The molecule has 5 heteroatoms. The molecule has 0 spiro atoms. The molecular weight excluding hydrogens is 266 g/mol. The van der Waals surface area contributed by atoms with E-state index in [9.17, 15) is 4.79 Å². The van der Waals surface area contributed by atoms with Gasteiger partial charge in [0.2, 0.25) is 0 Å². The number of alkyl carbamates (subject to hydrolysis) is 1. The van der Waals surface area contributed by atoms with Crippen molar-refractivity contribution in [2.45, 2.75) is 76.6 Å². The quantitative estimate of drug-likeness (QED) is 0.626. The van der Waals surface area contributed by atoms with E-state index in [0.29, 0.717) is 12.1 Å². The van der Waals surface area contributed by atoms with E-state index in [2.05, 4.69) is 21.9 Å². The van der Waals surface area contributed by atoms with Crippen LogP contribution >= 0.6 is 0 Å². The maximum absolute atomic E-state index is 11.9. The number of carbonyl (C=O) groups is 1. The van der Waals surface area contributed by atoms with Crippen LogP contribution < -0.4 is 5.32 Å². The molecule has 3 atom stereocenters. The number of carbonyl (C=O) groups excluding carboxylic acids is 1. The average Bonchev–Trinajstić information content (AvgIpc) is 2.59. The minimum Gasteiger partial charge on any atom is -0.444 e. The molecule has 1 amide bonds. The van der Waals surface area contributed by atoms with Crippen LogP contribution in [0.4, 0.5) is 4.79 Å². The maximum Gasteiger partial charge on any atom is 0.407 e. The van der Waals surface area contributed by atoms with Gasteiger partial charge in [0.05, 0.1) is 0 Å². The van der Waals surface area contributed by atoms with Gasteiger partial charge >= 0.3 is 6.09 Å². The van der Waals surface area contributed by atoms with Gasteiger partial charge in [0.15, 0.2) is 0 Å². The second-order valence-corrected chi connectivity index (χ2v) is 7.24. The van der Waals surface area contributed by atoms with E-state index >= 15 is 0 Å². The number of fused-ring (bicyclic) bond motifs is 2. The lowest BCUT2D eigenvalue weighted by Crippen LogP contribution is -2.51. The van der Waals surface area contributed by atoms with Gasteiger partial charge in [-0.3, -0.25) is 4.90 Å². The number of piperidine rings is 1. The zero-order valence-electron chi connectivity index (χ0n) is 13.6. The first-order chi connectivity index (χ1) is 9.89. The van der Waals surface area contributed by atoms with Crippen molar-refractivity contribution in [1.82, 2.24) is 10.2 Å². The Morgan fingerprint density at radius 3 is 2.48 bits per heavy atom. The summed E-state index contributed by atoms with van der Waals surface area (Å²) < 4.78 is 5.35. The molecule has 1 N–H and O–H groups in total. The Labute approximate surface area is 128 Å². The predicted molar refractivity (Wildman–Crippen MR) is 84.9 cm³/mol. The first-order valence-corrected chi connectivity index (χ1v) is 8.07. The van der Waals surface area contributed by atoms with Gasteiger partial charge in [0.1, 0.15) is 5.60 Å². The minimum atomic E-state index is -0.429. The summed E-state index contributed by atoms with van der Waals surface area (Å²) in [6.45, 7) is 11.2. The molecule has 120 valence electrons. The maximum atomic E-state index is 11.9. The molecule has 2 heterocycles. The zero-order chi connectivity index (χ0) is 15.5. The van der Waals surface area contributed by atoms with Crippen molar-refractivity contribution in [1.29, 1.82) is 0 Å². The molecule has 0 saturated carbocycles. The molecule has 1 unspecified atom stereocenters. The van der Waals surface area contributed by atoms with Crippen molar-refractivity contribution in [2.24, 2.45) is 4.99 Å². The third kappa shape index (κ3) is 4.70. The molecule has 0 radical (unpaired) electrons. The molecule has 2 aliphatic rings. The molecule has 0 aromatic rings. The molecular formula is C16H29N3O2. The average molecular weight is 295 g/mol. The Kier molecular flexibility index (Phi) is 5.25. The summed E-state index contributed by atoms with van der Waals surface area (Å²) >= 11 is 0. The van der Waals surface area contributed by atoms with Gasteiger partial charge < -0.3 is 15.0 Å².